The van der Waals surface area contributed by atoms with E-state index < -0.39 is 0 Å². The van der Waals surface area contributed by atoms with Gasteiger partial charge in [-0.2, -0.15) is 10.2 Å². The van der Waals surface area contributed by atoms with Gasteiger partial charge in [0, 0.05) is 12.1 Å². The van der Waals surface area contributed by atoms with Crippen LogP contribution in [0.1, 0.15) is 5.69 Å². The molecule has 0 unspecified atom stereocenters. The van der Waals surface area contributed by atoms with E-state index in [2.05, 4.69) is 15.5 Å². The predicted molar refractivity (Wildman–Crippen MR) is 60.2 cm³/mol. The molecule has 0 saturated heterocycles. The average Bonchev–Trinajstić information content (AvgIpc) is 2.32. The van der Waals surface area contributed by atoms with Crippen LogP contribution in [-0.2, 0) is 6.54 Å². The van der Waals surface area contributed by atoms with Crippen LogP contribution in [0.25, 0.3) is 11.3 Å². The van der Waals surface area contributed by atoms with Gasteiger partial charge < -0.3 is 5.32 Å². The molecular formula is C12H13N3. The molecule has 0 aliphatic rings. The predicted octanol–water partition coefficient (Wildman–Crippen LogP) is 1.86. The summed E-state index contributed by atoms with van der Waals surface area (Å²) in [6.45, 7) is 0.752. The Bertz CT molecular complexity index is 409. The summed E-state index contributed by atoms with van der Waals surface area (Å²) in [4.78, 5) is 0. The first-order valence-corrected chi connectivity index (χ1v) is 4.93. The zero-order valence-corrected chi connectivity index (χ0v) is 8.64. The number of benzene rings is 1. The van der Waals surface area contributed by atoms with Gasteiger partial charge in [0.2, 0.25) is 0 Å². The minimum atomic E-state index is 0.752. The lowest BCUT2D eigenvalue weighted by atomic mass is 10.1. The molecule has 0 spiro atoms. The third-order valence-electron chi connectivity index (χ3n) is 2.15. The molecule has 2 aromatic rings. The number of rotatable bonds is 3. The second-order valence-electron chi connectivity index (χ2n) is 3.31. The van der Waals surface area contributed by atoms with Crippen LogP contribution in [0, 0.1) is 0 Å². The third-order valence-corrected chi connectivity index (χ3v) is 2.15. The summed E-state index contributed by atoms with van der Waals surface area (Å²) in [6, 6.07) is 14.0. The van der Waals surface area contributed by atoms with Crippen molar-refractivity contribution in [2.24, 2.45) is 0 Å². The highest BCUT2D eigenvalue weighted by Crippen LogP contribution is 2.14. The van der Waals surface area contributed by atoms with Gasteiger partial charge in [0.05, 0.1) is 11.4 Å². The van der Waals surface area contributed by atoms with Crippen molar-refractivity contribution in [1.29, 1.82) is 0 Å². The van der Waals surface area contributed by atoms with Crippen LogP contribution in [-0.4, -0.2) is 17.2 Å². The molecule has 1 aromatic carbocycles. The van der Waals surface area contributed by atoms with E-state index in [1.807, 2.05) is 49.5 Å². The summed E-state index contributed by atoms with van der Waals surface area (Å²) in [5.74, 6) is 0. The van der Waals surface area contributed by atoms with Gasteiger partial charge in [-0.05, 0) is 19.2 Å². The molecule has 1 N–H and O–H groups in total. The Morgan fingerprint density at radius 3 is 2.40 bits per heavy atom. The minimum absolute atomic E-state index is 0.752. The molecule has 0 amide bonds. The van der Waals surface area contributed by atoms with Crippen molar-refractivity contribution in [2.45, 2.75) is 6.54 Å². The van der Waals surface area contributed by atoms with Crippen molar-refractivity contribution in [2.75, 3.05) is 7.05 Å². The van der Waals surface area contributed by atoms with Crippen LogP contribution in [0.3, 0.4) is 0 Å². The molecule has 0 aliphatic heterocycles. The molecule has 2 rings (SSSR count). The fourth-order valence-electron chi connectivity index (χ4n) is 1.40. The lowest BCUT2D eigenvalue weighted by Gasteiger charge is -2.01. The molecule has 0 saturated carbocycles. The van der Waals surface area contributed by atoms with Crippen molar-refractivity contribution in [3.05, 3.63) is 48.2 Å². The van der Waals surface area contributed by atoms with E-state index in [1.165, 1.54) is 0 Å². The zero-order valence-electron chi connectivity index (χ0n) is 8.64. The van der Waals surface area contributed by atoms with Crippen molar-refractivity contribution in [3.63, 3.8) is 0 Å². The summed E-state index contributed by atoms with van der Waals surface area (Å²) >= 11 is 0. The normalized spacial score (nSPS) is 10.2. The van der Waals surface area contributed by atoms with Crippen molar-refractivity contribution >= 4 is 0 Å². The van der Waals surface area contributed by atoms with E-state index in [1.54, 1.807) is 0 Å². The summed E-state index contributed by atoms with van der Waals surface area (Å²) < 4.78 is 0. The number of hydrogen-bond donors (Lipinski definition) is 1. The quantitative estimate of drug-likeness (QED) is 0.820. The van der Waals surface area contributed by atoms with Gasteiger partial charge in [-0.25, -0.2) is 0 Å². The Balaban J connectivity index is 2.24. The van der Waals surface area contributed by atoms with Gasteiger partial charge in [0.1, 0.15) is 0 Å². The van der Waals surface area contributed by atoms with E-state index in [4.69, 9.17) is 0 Å². The largest absolute Gasteiger partial charge is 0.314 e. The molecule has 76 valence electrons. The zero-order chi connectivity index (χ0) is 10.5. The van der Waals surface area contributed by atoms with Crippen LogP contribution >= 0.6 is 0 Å². The molecule has 3 heteroatoms. The van der Waals surface area contributed by atoms with Gasteiger partial charge in [-0.15, -0.1) is 0 Å². The van der Waals surface area contributed by atoms with E-state index in [9.17, 15) is 0 Å². The Morgan fingerprint density at radius 1 is 1.00 bits per heavy atom. The molecular weight excluding hydrogens is 186 g/mol. The maximum atomic E-state index is 4.18. The molecule has 1 heterocycles. The molecule has 0 radical (unpaired) electrons. The monoisotopic (exact) mass is 199 g/mol. The molecule has 3 nitrogen and oxygen atoms in total. The first kappa shape index (κ1) is 9.80. The maximum absolute atomic E-state index is 4.18. The Hall–Kier alpha value is -1.74. The lowest BCUT2D eigenvalue weighted by Crippen LogP contribution is -2.07. The first-order valence-electron chi connectivity index (χ1n) is 4.93. The van der Waals surface area contributed by atoms with Crippen LogP contribution in [0.5, 0.6) is 0 Å². The fourth-order valence-corrected chi connectivity index (χ4v) is 1.40. The Morgan fingerprint density at radius 2 is 1.80 bits per heavy atom. The third kappa shape index (κ3) is 2.39. The molecule has 0 bridgehead atoms. The summed E-state index contributed by atoms with van der Waals surface area (Å²) in [5, 5.41) is 11.4. The number of aromatic nitrogens is 2. The second-order valence-corrected chi connectivity index (χ2v) is 3.31. The van der Waals surface area contributed by atoms with Gasteiger partial charge >= 0.3 is 0 Å². The highest BCUT2D eigenvalue weighted by Gasteiger charge is 1.99. The highest BCUT2D eigenvalue weighted by molar-refractivity contribution is 5.57. The molecule has 1 aromatic heterocycles. The van der Waals surface area contributed by atoms with Gasteiger partial charge in [-0.1, -0.05) is 30.3 Å². The number of hydrogen-bond acceptors (Lipinski definition) is 3. The van der Waals surface area contributed by atoms with Gasteiger partial charge in [0.15, 0.2) is 0 Å². The minimum Gasteiger partial charge on any atom is -0.314 e. The Labute approximate surface area is 89.2 Å². The van der Waals surface area contributed by atoms with Gasteiger partial charge in [0.25, 0.3) is 0 Å². The standard InChI is InChI=1S/C12H13N3/c1-13-9-11-7-8-12(15-14-11)10-5-3-2-4-6-10/h2-8,13H,9H2,1H3. The van der Waals surface area contributed by atoms with E-state index in [-0.39, 0.29) is 0 Å². The smallest absolute Gasteiger partial charge is 0.0929 e. The summed E-state index contributed by atoms with van der Waals surface area (Å²) in [6.07, 6.45) is 0. The molecule has 0 fully saturated rings. The second kappa shape index (κ2) is 4.66. The highest BCUT2D eigenvalue weighted by atomic mass is 15.1. The van der Waals surface area contributed by atoms with Crippen LogP contribution in [0.15, 0.2) is 42.5 Å². The number of nitrogens with zero attached hydrogens (tertiary/aromatic N) is 2. The van der Waals surface area contributed by atoms with E-state index >= 15 is 0 Å². The first-order chi connectivity index (χ1) is 7.40. The van der Waals surface area contributed by atoms with Gasteiger partial charge in [-0.3, -0.25) is 0 Å². The molecule has 0 aliphatic carbocycles. The topological polar surface area (TPSA) is 37.8 Å². The van der Waals surface area contributed by atoms with E-state index in [0.29, 0.717) is 0 Å². The molecule has 0 atom stereocenters. The van der Waals surface area contributed by atoms with Crippen LogP contribution in [0.4, 0.5) is 0 Å². The van der Waals surface area contributed by atoms with E-state index in [0.717, 1.165) is 23.5 Å². The summed E-state index contributed by atoms with van der Waals surface area (Å²) in [7, 11) is 1.90. The fraction of sp³-hybridized carbons (Fsp3) is 0.167. The van der Waals surface area contributed by atoms with Crippen molar-refractivity contribution in [1.82, 2.24) is 15.5 Å². The van der Waals surface area contributed by atoms with Crippen molar-refractivity contribution in [3.8, 4) is 11.3 Å². The maximum Gasteiger partial charge on any atom is 0.0929 e. The number of nitrogens with one attached hydrogen (secondary N) is 1. The van der Waals surface area contributed by atoms with Crippen molar-refractivity contribution < 1.29 is 0 Å². The molecule has 15 heavy (non-hydrogen) atoms. The lowest BCUT2D eigenvalue weighted by molar-refractivity contribution is 0.768. The van der Waals surface area contributed by atoms with Crippen LogP contribution < -0.4 is 5.32 Å². The average molecular weight is 199 g/mol. The SMILES string of the molecule is CNCc1ccc(-c2ccccc2)nn1. The summed E-state index contributed by atoms with van der Waals surface area (Å²) in [5.41, 5.74) is 2.97. The Kier molecular flexibility index (Phi) is 3.05. The van der Waals surface area contributed by atoms with Crippen LogP contribution in [0.2, 0.25) is 0 Å².